The number of ether oxygens (including phenoxy) is 3. The van der Waals surface area contributed by atoms with E-state index in [9.17, 15) is 0 Å². The van der Waals surface area contributed by atoms with Crippen molar-refractivity contribution in [1.82, 2.24) is 10.3 Å². The molecule has 1 N–H and O–H groups in total. The van der Waals surface area contributed by atoms with Gasteiger partial charge in [0.1, 0.15) is 12.4 Å². The van der Waals surface area contributed by atoms with Gasteiger partial charge in [-0.25, -0.2) is 0 Å². The SMILES string of the molecule is CCOc1ccc(CNCc2ccccc2OCc2cccnc2)cc1OC. The first-order valence-electron chi connectivity index (χ1n) is 9.40. The lowest BCUT2D eigenvalue weighted by Gasteiger charge is -2.13. The number of nitrogens with one attached hydrogen (secondary N) is 1. The van der Waals surface area contributed by atoms with Gasteiger partial charge in [0.15, 0.2) is 11.5 Å². The Balaban J connectivity index is 1.57. The Labute approximate surface area is 166 Å². The standard InChI is InChI=1S/C23H26N2O3/c1-3-27-22-11-10-18(13-23(22)26-2)14-25-16-20-8-4-5-9-21(20)28-17-19-7-6-12-24-15-19/h4-13,15,25H,3,14,16-17H2,1-2H3. The highest BCUT2D eigenvalue weighted by Gasteiger charge is 2.07. The van der Waals surface area contributed by atoms with Gasteiger partial charge in [-0.2, -0.15) is 0 Å². The van der Waals surface area contributed by atoms with E-state index in [-0.39, 0.29) is 0 Å². The molecule has 0 fully saturated rings. The van der Waals surface area contributed by atoms with Gasteiger partial charge in [-0.15, -0.1) is 0 Å². The summed E-state index contributed by atoms with van der Waals surface area (Å²) in [5, 5.41) is 3.47. The van der Waals surface area contributed by atoms with Crippen molar-refractivity contribution in [2.24, 2.45) is 0 Å². The van der Waals surface area contributed by atoms with Crippen LogP contribution >= 0.6 is 0 Å². The van der Waals surface area contributed by atoms with Crippen molar-refractivity contribution in [3.8, 4) is 17.2 Å². The van der Waals surface area contributed by atoms with Crippen molar-refractivity contribution in [2.75, 3.05) is 13.7 Å². The molecule has 1 heterocycles. The first-order chi connectivity index (χ1) is 13.8. The lowest BCUT2D eigenvalue weighted by molar-refractivity contribution is 0.301. The summed E-state index contributed by atoms with van der Waals surface area (Å²) in [4.78, 5) is 4.12. The van der Waals surface area contributed by atoms with Crippen LogP contribution in [-0.2, 0) is 19.7 Å². The van der Waals surface area contributed by atoms with Crippen molar-refractivity contribution < 1.29 is 14.2 Å². The Bertz CT molecular complexity index is 869. The number of benzene rings is 2. The van der Waals surface area contributed by atoms with Crippen LogP contribution in [-0.4, -0.2) is 18.7 Å². The normalized spacial score (nSPS) is 10.5. The molecule has 146 valence electrons. The zero-order valence-electron chi connectivity index (χ0n) is 16.4. The molecule has 0 unspecified atom stereocenters. The maximum Gasteiger partial charge on any atom is 0.161 e. The summed E-state index contributed by atoms with van der Waals surface area (Å²) in [5.41, 5.74) is 3.30. The number of methoxy groups -OCH3 is 1. The van der Waals surface area contributed by atoms with Crippen molar-refractivity contribution in [2.45, 2.75) is 26.6 Å². The van der Waals surface area contributed by atoms with Gasteiger partial charge in [0.05, 0.1) is 13.7 Å². The number of aromatic nitrogens is 1. The molecule has 0 bridgehead atoms. The summed E-state index contributed by atoms with van der Waals surface area (Å²) in [5.74, 6) is 2.40. The van der Waals surface area contributed by atoms with Crippen LogP contribution in [0.4, 0.5) is 0 Å². The van der Waals surface area contributed by atoms with E-state index in [4.69, 9.17) is 14.2 Å². The average molecular weight is 378 g/mol. The Morgan fingerprint density at radius 1 is 0.857 bits per heavy atom. The molecule has 0 aliphatic rings. The molecule has 0 aliphatic carbocycles. The second kappa shape index (κ2) is 10.3. The minimum absolute atomic E-state index is 0.501. The molecule has 0 spiro atoms. The van der Waals surface area contributed by atoms with Gasteiger partial charge in [-0.1, -0.05) is 30.3 Å². The van der Waals surface area contributed by atoms with E-state index >= 15 is 0 Å². The van der Waals surface area contributed by atoms with Gasteiger partial charge in [0.2, 0.25) is 0 Å². The van der Waals surface area contributed by atoms with Crippen molar-refractivity contribution >= 4 is 0 Å². The minimum atomic E-state index is 0.501. The topological polar surface area (TPSA) is 52.6 Å². The Morgan fingerprint density at radius 2 is 1.75 bits per heavy atom. The van der Waals surface area contributed by atoms with Crippen molar-refractivity contribution in [3.63, 3.8) is 0 Å². The Morgan fingerprint density at radius 3 is 2.54 bits per heavy atom. The lowest BCUT2D eigenvalue weighted by Crippen LogP contribution is -2.14. The van der Waals surface area contributed by atoms with Gasteiger partial charge >= 0.3 is 0 Å². The molecule has 1 aromatic heterocycles. The molecule has 3 aromatic rings. The van der Waals surface area contributed by atoms with Crippen LogP contribution in [0.25, 0.3) is 0 Å². The van der Waals surface area contributed by atoms with Crippen LogP contribution < -0.4 is 19.5 Å². The minimum Gasteiger partial charge on any atom is -0.493 e. The molecule has 2 aromatic carbocycles. The third-order valence-electron chi connectivity index (χ3n) is 4.26. The molecule has 0 radical (unpaired) electrons. The number of nitrogens with zero attached hydrogens (tertiary/aromatic N) is 1. The van der Waals surface area contributed by atoms with Gasteiger partial charge in [-0.05, 0) is 36.8 Å². The quantitative estimate of drug-likeness (QED) is 0.568. The fourth-order valence-electron chi connectivity index (χ4n) is 2.87. The highest BCUT2D eigenvalue weighted by atomic mass is 16.5. The van der Waals surface area contributed by atoms with E-state index in [0.717, 1.165) is 40.5 Å². The molecule has 0 saturated heterocycles. The fraction of sp³-hybridized carbons (Fsp3) is 0.261. The second-order valence-electron chi connectivity index (χ2n) is 6.28. The molecule has 5 nitrogen and oxygen atoms in total. The van der Waals surface area contributed by atoms with Crippen molar-refractivity contribution in [1.29, 1.82) is 0 Å². The molecule has 0 aliphatic heterocycles. The maximum absolute atomic E-state index is 5.99. The van der Waals surface area contributed by atoms with Crippen LogP contribution in [0.3, 0.4) is 0 Å². The molecule has 0 saturated carbocycles. The molecule has 28 heavy (non-hydrogen) atoms. The first kappa shape index (κ1) is 19.7. The maximum atomic E-state index is 5.99. The van der Waals surface area contributed by atoms with E-state index in [2.05, 4.69) is 16.4 Å². The lowest BCUT2D eigenvalue weighted by atomic mass is 10.1. The first-order valence-corrected chi connectivity index (χ1v) is 9.40. The van der Waals surface area contributed by atoms with E-state index in [1.54, 1.807) is 13.3 Å². The molecule has 0 atom stereocenters. The third-order valence-corrected chi connectivity index (χ3v) is 4.26. The van der Waals surface area contributed by atoms with E-state index in [1.807, 2.05) is 61.7 Å². The predicted octanol–water partition coefficient (Wildman–Crippen LogP) is 4.36. The monoisotopic (exact) mass is 378 g/mol. The number of rotatable bonds is 10. The molecule has 5 heteroatoms. The molecule has 3 rings (SSSR count). The summed E-state index contributed by atoms with van der Waals surface area (Å²) in [6.45, 7) is 4.51. The van der Waals surface area contributed by atoms with Gasteiger partial charge in [0.25, 0.3) is 0 Å². The number of para-hydroxylation sites is 1. The average Bonchev–Trinajstić information content (AvgIpc) is 2.75. The fourth-order valence-corrected chi connectivity index (χ4v) is 2.87. The zero-order chi connectivity index (χ0) is 19.6. The van der Waals surface area contributed by atoms with Crippen LogP contribution in [0.1, 0.15) is 23.6 Å². The Hall–Kier alpha value is -3.05. The van der Waals surface area contributed by atoms with E-state index in [0.29, 0.717) is 19.8 Å². The van der Waals surface area contributed by atoms with E-state index in [1.165, 1.54) is 0 Å². The molecule has 0 amide bonds. The van der Waals surface area contributed by atoms with Crippen LogP contribution in [0.15, 0.2) is 67.0 Å². The van der Waals surface area contributed by atoms with Crippen LogP contribution in [0.5, 0.6) is 17.2 Å². The highest BCUT2D eigenvalue weighted by Crippen LogP contribution is 2.28. The largest absolute Gasteiger partial charge is 0.493 e. The third kappa shape index (κ3) is 5.47. The summed E-state index contributed by atoms with van der Waals surface area (Å²) >= 11 is 0. The second-order valence-corrected chi connectivity index (χ2v) is 6.28. The van der Waals surface area contributed by atoms with Gasteiger partial charge < -0.3 is 19.5 Å². The van der Waals surface area contributed by atoms with Gasteiger partial charge in [-0.3, -0.25) is 4.98 Å². The van der Waals surface area contributed by atoms with Crippen molar-refractivity contribution in [3.05, 3.63) is 83.7 Å². The smallest absolute Gasteiger partial charge is 0.161 e. The highest BCUT2D eigenvalue weighted by molar-refractivity contribution is 5.43. The predicted molar refractivity (Wildman–Crippen MR) is 110 cm³/mol. The van der Waals surface area contributed by atoms with Crippen LogP contribution in [0, 0.1) is 0 Å². The summed E-state index contributed by atoms with van der Waals surface area (Å²) < 4.78 is 17.0. The van der Waals surface area contributed by atoms with Gasteiger partial charge in [0, 0.05) is 36.6 Å². The number of pyridine rings is 1. The Kier molecular flexibility index (Phi) is 7.27. The molecular weight excluding hydrogens is 352 g/mol. The number of hydrogen-bond donors (Lipinski definition) is 1. The molecular formula is C23H26N2O3. The van der Waals surface area contributed by atoms with Crippen LogP contribution in [0.2, 0.25) is 0 Å². The summed E-state index contributed by atoms with van der Waals surface area (Å²) in [6, 6.07) is 18.0. The van der Waals surface area contributed by atoms with E-state index < -0.39 is 0 Å². The number of hydrogen-bond acceptors (Lipinski definition) is 5. The summed E-state index contributed by atoms with van der Waals surface area (Å²) in [6.07, 6.45) is 3.58. The zero-order valence-corrected chi connectivity index (χ0v) is 16.4. The summed E-state index contributed by atoms with van der Waals surface area (Å²) in [7, 11) is 1.66.